The fourth-order valence-corrected chi connectivity index (χ4v) is 2.21. The fraction of sp³-hybridized carbons (Fsp3) is 0.500. The summed E-state index contributed by atoms with van der Waals surface area (Å²) in [5.41, 5.74) is 0.515. The highest BCUT2D eigenvalue weighted by Crippen LogP contribution is 2.20. The van der Waals surface area contributed by atoms with Crippen LogP contribution in [0.25, 0.3) is 0 Å². The SMILES string of the molecule is CCC(C)CN(CC)C(=O)c1ccc(F)cc1Br. The van der Waals surface area contributed by atoms with E-state index < -0.39 is 0 Å². The van der Waals surface area contributed by atoms with Gasteiger partial charge in [0, 0.05) is 17.6 Å². The van der Waals surface area contributed by atoms with Gasteiger partial charge in [-0.3, -0.25) is 4.79 Å². The van der Waals surface area contributed by atoms with Gasteiger partial charge in [-0.2, -0.15) is 0 Å². The van der Waals surface area contributed by atoms with Crippen molar-refractivity contribution in [1.29, 1.82) is 0 Å². The summed E-state index contributed by atoms with van der Waals surface area (Å²) in [6.07, 6.45) is 1.04. The molecule has 0 spiro atoms. The van der Waals surface area contributed by atoms with Crippen molar-refractivity contribution in [2.45, 2.75) is 27.2 Å². The Morgan fingerprint density at radius 1 is 1.44 bits per heavy atom. The Morgan fingerprint density at radius 2 is 2.11 bits per heavy atom. The Bertz CT molecular complexity index is 422. The van der Waals surface area contributed by atoms with Crippen molar-refractivity contribution in [2.24, 2.45) is 5.92 Å². The van der Waals surface area contributed by atoms with Gasteiger partial charge in [-0.05, 0) is 47.0 Å². The molecule has 1 aromatic rings. The first kappa shape index (κ1) is 15.2. The van der Waals surface area contributed by atoms with Gasteiger partial charge < -0.3 is 4.90 Å². The van der Waals surface area contributed by atoms with Gasteiger partial charge in [0.2, 0.25) is 0 Å². The second kappa shape index (κ2) is 6.88. The molecule has 18 heavy (non-hydrogen) atoms. The van der Waals surface area contributed by atoms with Crippen molar-refractivity contribution in [3.05, 3.63) is 34.1 Å². The molecule has 0 bridgehead atoms. The average molecular weight is 316 g/mol. The van der Waals surface area contributed by atoms with Gasteiger partial charge in [-0.1, -0.05) is 20.3 Å². The fourth-order valence-electron chi connectivity index (χ4n) is 1.69. The molecule has 4 heteroatoms. The summed E-state index contributed by atoms with van der Waals surface area (Å²) in [5.74, 6) is 0.0706. The van der Waals surface area contributed by atoms with Crippen LogP contribution < -0.4 is 0 Å². The monoisotopic (exact) mass is 315 g/mol. The summed E-state index contributed by atoms with van der Waals surface area (Å²) in [6.45, 7) is 7.58. The minimum Gasteiger partial charge on any atom is -0.339 e. The van der Waals surface area contributed by atoms with Crippen LogP contribution in [0.15, 0.2) is 22.7 Å². The van der Waals surface area contributed by atoms with E-state index in [1.165, 1.54) is 18.2 Å². The van der Waals surface area contributed by atoms with E-state index in [4.69, 9.17) is 0 Å². The summed E-state index contributed by atoms with van der Waals surface area (Å²) < 4.78 is 13.5. The van der Waals surface area contributed by atoms with Crippen LogP contribution in [0.5, 0.6) is 0 Å². The van der Waals surface area contributed by atoms with E-state index in [0.29, 0.717) is 22.5 Å². The van der Waals surface area contributed by atoms with E-state index in [1.807, 2.05) is 6.92 Å². The Balaban J connectivity index is 2.89. The lowest BCUT2D eigenvalue weighted by Gasteiger charge is -2.24. The first-order valence-electron chi connectivity index (χ1n) is 6.23. The number of hydrogen-bond donors (Lipinski definition) is 0. The maximum absolute atomic E-state index is 13.0. The molecule has 2 nitrogen and oxygen atoms in total. The molecular formula is C14H19BrFNO. The van der Waals surface area contributed by atoms with E-state index in [-0.39, 0.29) is 11.7 Å². The second-order valence-corrected chi connectivity index (χ2v) is 5.34. The predicted octanol–water partition coefficient (Wildman–Crippen LogP) is 4.10. The van der Waals surface area contributed by atoms with Gasteiger partial charge in [0.15, 0.2) is 0 Å². The molecule has 0 aliphatic rings. The Kier molecular flexibility index (Phi) is 5.79. The average Bonchev–Trinajstić information content (AvgIpc) is 2.34. The molecule has 0 saturated heterocycles. The number of halogens is 2. The van der Waals surface area contributed by atoms with E-state index in [1.54, 1.807) is 4.90 Å². The second-order valence-electron chi connectivity index (χ2n) is 4.48. The van der Waals surface area contributed by atoms with Gasteiger partial charge in [0.25, 0.3) is 5.91 Å². The quantitative estimate of drug-likeness (QED) is 0.801. The maximum Gasteiger partial charge on any atom is 0.255 e. The van der Waals surface area contributed by atoms with Gasteiger partial charge in [0.05, 0.1) is 5.56 Å². The number of rotatable bonds is 5. The molecule has 0 aliphatic heterocycles. The lowest BCUT2D eigenvalue weighted by atomic mass is 10.1. The zero-order chi connectivity index (χ0) is 13.7. The zero-order valence-electron chi connectivity index (χ0n) is 11.0. The first-order valence-corrected chi connectivity index (χ1v) is 7.03. The van der Waals surface area contributed by atoms with E-state index in [2.05, 4.69) is 29.8 Å². The van der Waals surface area contributed by atoms with Crippen LogP contribution >= 0.6 is 15.9 Å². The van der Waals surface area contributed by atoms with Crippen LogP contribution in [0.3, 0.4) is 0 Å². The van der Waals surface area contributed by atoms with E-state index in [0.717, 1.165) is 13.0 Å². The third kappa shape index (κ3) is 3.80. The Morgan fingerprint density at radius 3 is 2.61 bits per heavy atom. The predicted molar refractivity (Wildman–Crippen MR) is 75.1 cm³/mol. The molecule has 1 aromatic carbocycles. The van der Waals surface area contributed by atoms with E-state index in [9.17, 15) is 9.18 Å². The van der Waals surface area contributed by atoms with Crippen molar-refractivity contribution < 1.29 is 9.18 Å². The smallest absolute Gasteiger partial charge is 0.255 e. The van der Waals surface area contributed by atoms with Crippen molar-refractivity contribution >= 4 is 21.8 Å². The minimum atomic E-state index is -0.344. The molecule has 0 N–H and O–H groups in total. The molecule has 1 amide bonds. The maximum atomic E-state index is 13.0. The number of carbonyl (C=O) groups excluding carboxylic acids is 1. The summed E-state index contributed by atoms with van der Waals surface area (Å²) >= 11 is 3.24. The summed E-state index contributed by atoms with van der Waals surface area (Å²) in [4.78, 5) is 14.1. The number of nitrogens with zero attached hydrogens (tertiary/aromatic N) is 1. The third-order valence-corrected chi connectivity index (χ3v) is 3.72. The van der Waals surface area contributed by atoms with Crippen LogP contribution in [0, 0.1) is 11.7 Å². The molecule has 1 atom stereocenters. The Labute approximate surface area is 116 Å². The molecular weight excluding hydrogens is 297 g/mol. The molecule has 0 saturated carbocycles. The van der Waals surface area contributed by atoms with Crippen molar-refractivity contribution in [1.82, 2.24) is 4.90 Å². The number of benzene rings is 1. The van der Waals surface area contributed by atoms with Gasteiger partial charge in [-0.25, -0.2) is 4.39 Å². The van der Waals surface area contributed by atoms with Crippen LogP contribution in [0.2, 0.25) is 0 Å². The largest absolute Gasteiger partial charge is 0.339 e. The van der Waals surface area contributed by atoms with E-state index >= 15 is 0 Å². The standard InChI is InChI=1S/C14H19BrFNO/c1-4-10(3)9-17(5-2)14(18)12-7-6-11(16)8-13(12)15/h6-8,10H,4-5,9H2,1-3H3. The van der Waals surface area contributed by atoms with Crippen LogP contribution in [-0.2, 0) is 0 Å². The molecule has 100 valence electrons. The van der Waals surface area contributed by atoms with Crippen molar-refractivity contribution in [3.8, 4) is 0 Å². The topological polar surface area (TPSA) is 20.3 Å². The third-order valence-electron chi connectivity index (χ3n) is 3.06. The summed E-state index contributed by atoms with van der Waals surface area (Å²) in [5, 5.41) is 0. The van der Waals surface area contributed by atoms with Crippen molar-refractivity contribution in [2.75, 3.05) is 13.1 Å². The summed E-state index contributed by atoms with van der Waals surface area (Å²) in [6, 6.07) is 4.17. The van der Waals surface area contributed by atoms with Crippen LogP contribution in [-0.4, -0.2) is 23.9 Å². The lowest BCUT2D eigenvalue weighted by molar-refractivity contribution is 0.0740. The highest BCUT2D eigenvalue weighted by atomic mass is 79.9. The molecule has 0 heterocycles. The lowest BCUT2D eigenvalue weighted by Crippen LogP contribution is -2.34. The molecule has 1 unspecified atom stereocenters. The molecule has 0 aliphatic carbocycles. The van der Waals surface area contributed by atoms with Crippen LogP contribution in [0.4, 0.5) is 4.39 Å². The molecule has 0 aromatic heterocycles. The number of hydrogen-bond acceptors (Lipinski definition) is 1. The number of carbonyl (C=O) groups is 1. The van der Waals surface area contributed by atoms with Gasteiger partial charge >= 0.3 is 0 Å². The first-order chi connectivity index (χ1) is 8.49. The molecule has 0 radical (unpaired) electrons. The minimum absolute atomic E-state index is 0.0512. The normalized spacial score (nSPS) is 12.3. The van der Waals surface area contributed by atoms with Gasteiger partial charge in [-0.15, -0.1) is 0 Å². The molecule has 0 fully saturated rings. The highest BCUT2D eigenvalue weighted by Gasteiger charge is 2.18. The summed E-state index contributed by atoms with van der Waals surface area (Å²) in [7, 11) is 0. The van der Waals surface area contributed by atoms with Crippen molar-refractivity contribution in [3.63, 3.8) is 0 Å². The molecule has 1 rings (SSSR count). The highest BCUT2D eigenvalue weighted by molar-refractivity contribution is 9.10. The van der Waals surface area contributed by atoms with Gasteiger partial charge in [0.1, 0.15) is 5.82 Å². The zero-order valence-corrected chi connectivity index (χ0v) is 12.6. The number of amides is 1. The Hall–Kier alpha value is -0.900. The van der Waals surface area contributed by atoms with Crippen LogP contribution in [0.1, 0.15) is 37.6 Å².